The normalized spacial score (nSPS) is 14.1. The molecule has 2 amide bonds. The molecule has 2 aliphatic rings. The monoisotopic (exact) mass is 461 g/mol. The van der Waals surface area contributed by atoms with Gasteiger partial charge in [0.15, 0.2) is 11.5 Å². The van der Waals surface area contributed by atoms with E-state index >= 15 is 0 Å². The number of benzene rings is 1. The minimum atomic E-state index is -0.184. The molecule has 0 radical (unpaired) electrons. The highest BCUT2D eigenvalue weighted by Gasteiger charge is 2.24. The number of rotatable bonds is 6. The van der Waals surface area contributed by atoms with E-state index in [9.17, 15) is 9.59 Å². The fourth-order valence-electron chi connectivity index (χ4n) is 4.43. The van der Waals surface area contributed by atoms with Gasteiger partial charge in [0.1, 0.15) is 0 Å². The lowest BCUT2D eigenvalue weighted by Crippen LogP contribution is -2.37. The second kappa shape index (κ2) is 9.17. The van der Waals surface area contributed by atoms with Crippen LogP contribution in [0.25, 0.3) is 0 Å². The number of aromatic nitrogens is 3. The van der Waals surface area contributed by atoms with Crippen LogP contribution in [0.4, 0.5) is 0 Å². The van der Waals surface area contributed by atoms with E-state index in [2.05, 4.69) is 15.4 Å². The molecule has 1 aromatic carbocycles. The van der Waals surface area contributed by atoms with E-state index in [1.54, 1.807) is 22.9 Å². The molecular weight excluding hydrogens is 434 g/mol. The molecule has 0 bridgehead atoms. The van der Waals surface area contributed by atoms with Crippen molar-refractivity contribution in [2.24, 2.45) is 0 Å². The van der Waals surface area contributed by atoms with Gasteiger partial charge in [-0.1, -0.05) is 0 Å². The molecule has 0 fully saturated rings. The second-order valence-electron chi connectivity index (χ2n) is 8.61. The Balaban J connectivity index is 1.23. The maximum atomic E-state index is 12.8. The summed E-state index contributed by atoms with van der Waals surface area (Å²) < 4.78 is 12.5. The van der Waals surface area contributed by atoms with Gasteiger partial charge in [-0.15, -0.1) is 0 Å². The summed E-state index contributed by atoms with van der Waals surface area (Å²) in [6.07, 6.45) is 4.89. The second-order valence-corrected chi connectivity index (χ2v) is 8.61. The van der Waals surface area contributed by atoms with Gasteiger partial charge in [-0.2, -0.15) is 5.10 Å². The lowest BCUT2D eigenvalue weighted by molar-refractivity contribution is -0.132. The van der Waals surface area contributed by atoms with Crippen LogP contribution in [0.15, 0.2) is 36.7 Å². The van der Waals surface area contributed by atoms with Crippen LogP contribution in [-0.2, 0) is 30.8 Å². The molecule has 0 atom stereocenters. The summed E-state index contributed by atoms with van der Waals surface area (Å²) >= 11 is 0. The molecule has 176 valence electrons. The van der Waals surface area contributed by atoms with Gasteiger partial charge < -0.3 is 19.7 Å². The van der Waals surface area contributed by atoms with Crippen LogP contribution in [0.2, 0.25) is 0 Å². The van der Waals surface area contributed by atoms with Crippen LogP contribution >= 0.6 is 0 Å². The molecule has 0 unspecified atom stereocenters. The average Bonchev–Trinajstić information content (AvgIpc) is 3.49. The van der Waals surface area contributed by atoms with Crippen molar-refractivity contribution in [2.75, 3.05) is 13.3 Å². The lowest BCUT2D eigenvalue weighted by atomic mass is 9.94. The first-order valence-electron chi connectivity index (χ1n) is 11.4. The van der Waals surface area contributed by atoms with Crippen LogP contribution in [-0.4, -0.2) is 44.8 Å². The van der Waals surface area contributed by atoms with Crippen LogP contribution in [0.5, 0.6) is 11.5 Å². The number of ether oxygens (including phenoxy) is 2. The zero-order valence-electron chi connectivity index (χ0n) is 19.3. The van der Waals surface area contributed by atoms with E-state index in [-0.39, 0.29) is 18.6 Å². The number of hydrogen-bond acceptors (Lipinski definition) is 6. The van der Waals surface area contributed by atoms with Crippen molar-refractivity contribution in [3.63, 3.8) is 0 Å². The molecular formula is C25H27N5O4. The number of nitrogens with one attached hydrogen (secondary N) is 1. The van der Waals surface area contributed by atoms with E-state index in [4.69, 9.17) is 9.47 Å². The number of hydrogen-bond donors (Lipinski definition) is 1. The van der Waals surface area contributed by atoms with Gasteiger partial charge in [0, 0.05) is 56.3 Å². The van der Waals surface area contributed by atoms with Gasteiger partial charge in [-0.3, -0.25) is 19.3 Å². The van der Waals surface area contributed by atoms with Crippen molar-refractivity contribution in [2.45, 2.75) is 46.3 Å². The third kappa shape index (κ3) is 4.46. The number of amides is 2. The lowest BCUT2D eigenvalue weighted by Gasteiger charge is -2.30. The average molecular weight is 462 g/mol. The first-order chi connectivity index (χ1) is 16.5. The Morgan fingerprint density at radius 2 is 2.00 bits per heavy atom. The van der Waals surface area contributed by atoms with E-state index in [1.807, 2.05) is 37.2 Å². The van der Waals surface area contributed by atoms with Crippen molar-refractivity contribution < 1.29 is 19.1 Å². The summed E-state index contributed by atoms with van der Waals surface area (Å²) in [7, 11) is 0. The first kappa shape index (κ1) is 21.9. The fraction of sp³-hybridized carbons (Fsp3) is 0.360. The number of carbonyl (C=O) groups excluding carboxylic acids is 2. The van der Waals surface area contributed by atoms with Gasteiger partial charge in [0.25, 0.3) is 5.91 Å². The van der Waals surface area contributed by atoms with E-state index < -0.39 is 0 Å². The zero-order valence-corrected chi connectivity index (χ0v) is 19.3. The minimum Gasteiger partial charge on any atom is -0.454 e. The predicted octanol–water partition coefficient (Wildman–Crippen LogP) is 2.53. The van der Waals surface area contributed by atoms with Gasteiger partial charge in [0.2, 0.25) is 12.7 Å². The van der Waals surface area contributed by atoms with Crippen LogP contribution in [0, 0.1) is 13.8 Å². The third-order valence-electron chi connectivity index (χ3n) is 6.34. The Morgan fingerprint density at radius 1 is 1.15 bits per heavy atom. The molecule has 2 aromatic heterocycles. The fourth-order valence-corrected chi connectivity index (χ4v) is 4.43. The smallest absolute Gasteiger partial charge is 0.251 e. The van der Waals surface area contributed by atoms with Crippen molar-refractivity contribution in [1.29, 1.82) is 0 Å². The van der Waals surface area contributed by atoms with Gasteiger partial charge in [-0.25, -0.2) is 0 Å². The SMILES string of the molecule is Cc1ccn(CCC(=O)N2CCc3c(cnc(C)c3CNC(=O)c3ccc4c(c3)OCO4)C2)n1. The summed E-state index contributed by atoms with van der Waals surface area (Å²) in [4.78, 5) is 31.9. The highest BCUT2D eigenvalue weighted by molar-refractivity contribution is 5.94. The number of pyridine rings is 1. The quantitative estimate of drug-likeness (QED) is 0.606. The molecule has 9 heteroatoms. The summed E-state index contributed by atoms with van der Waals surface area (Å²) in [6.45, 7) is 6.18. The van der Waals surface area contributed by atoms with Crippen LogP contribution in [0.3, 0.4) is 0 Å². The number of carbonyl (C=O) groups is 2. The molecule has 1 N–H and O–H groups in total. The van der Waals surface area contributed by atoms with E-state index in [1.165, 1.54) is 5.56 Å². The zero-order chi connectivity index (χ0) is 23.7. The largest absolute Gasteiger partial charge is 0.454 e. The summed E-state index contributed by atoms with van der Waals surface area (Å²) in [6, 6.07) is 7.09. The van der Waals surface area contributed by atoms with Gasteiger partial charge >= 0.3 is 0 Å². The molecule has 34 heavy (non-hydrogen) atoms. The van der Waals surface area contributed by atoms with Crippen molar-refractivity contribution in [1.82, 2.24) is 25.0 Å². The van der Waals surface area contributed by atoms with Crippen LogP contribution in [0.1, 0.15) is 44.9 Å². The highest BCUT2D eigenvalue weighted by Crippen LogP contribution is 2.32. The molecule has 0 saturated heterocycles. The molecule has 4 heterocycles. The third-order valence-corrected chi connectivity index (χ3v) is 6.34. The van der Waals surface area contributed by atoms with E-state index in [0.29, 0.717) is 49.7 Å². The molecule has 5 rings (SSSR count). The molecule has 0 aliphatic carbocycles. The maximum absolute atomic E-state index is 12.8. The van der Waals surface area contributed by atoms with Crippen molar-refractivity contribution >= 4 is 11.8 Å². The minimum absolute atomic E-state index is 0.108. The molecule has 3 aromatic rings. The maximum Gasteiger partial charge on any atom is 0.251 e. The summed E-state index contributed by atoms with van der Waals surface area (Å²) in [5.74, 6) is 1.15. The van der Waals surface area contributed by atoms with Gasteiger partial charge in [-0.05, 0) is 61.2 Å². The Kier molecular flexibility index (Phi) is 5.91. The van der Waals surface area contributed by atoms with Gasteiger partial charge in [0.05, 0.1) is 5.69 Å². The first-order valence-corrected chi connectivity index (χ1v) is 11.4. The summed E-state index contributed by atoms with van der Waals surface area (Å²) in [5, 5.41) is 7.35. The highest BCUT2D eigenvalue weighted by atomic mass is 16.7. The Labute approximate surface area is 197 Å². The molecule has 0 spiro atoms. The molecule has 2 aliphatic heterocycles. The summed E-state index contributed by atoms with van der Waals surface area (Å²) in [5.41, 5.74) is 5.57. The van der Waals surface area contributed by atoms with Crippen molar-refractivity contribution in [3.8, 4) is 11.5 Å². The van der Waals surface area contributed by atoms with E-state index in [0.717, 1.165) is 28.9 Å². The molecule has 0 saturated carbocycles. The number of nitrogens with zero attached hydrogens (tertiary/aromatic N) is 4. The Morgan fingerprint density at radius 3 is 2.82 bits per heavy atom. The predicted molar refractivity (Wildman–Crippen MR) is 123 cm³/mol. The van der Waals surface area contributed by atoms with Crippen LogP contribution < -0.4 is 14.8 Å². The Hall–Kier alpha value is -3.88. The topological polar surface area (TPSA) is 98.6 Å². The standard InChI is InChI=1S/C25H27N5O4/c1-16-5-9-30(28-16)10-7-24(31)29-8-6-20-19(14-29)12-26-17(2)21(20)13-27-25(32)18-3-4-22-23(11-18)34-15-33-22/h3-5,9,11-12H,6-8,10,13-15H2,1-2H3,(H,27,32). The molecule has 9 nitrogen and oxygen atoms in total. The number of fused-ring (bicyclic) bond motifs is 2. The number of aryl methyl sites for hydroxylation is 3. The Bertz CT molecular complexity index is 1250. The van der Waals surface area contributed by atoms with Crippen molar-refractivity contribution in [3.05, 3.63) is 70.3 Å².